The van der Waals surface area contributed by atoms with Gasteiger partial charge in [-0.05, 0) is 45.7 Å². The highest BCUT2D eigenvalue weighted by Crippen LogP contribution is 2.14. The van der Waals surface area contributed by atoms with Crippen molar-refractivity contribution in [2.75, 3.05) is 26.7 Å². The Morgan fingerprint density at radius 2 is 2.28 bits per heavy atom. The highest BCUT2D eigenvalue weighted by atomic mass is 16.2. The van der Waals surface area contributed by atoms with Gasteiger partial charge in [-0.25, -0.2) is 0 Å². The SMILES string of the molecule is CCC(C)N(C)CCNC(=O)C1CC(C)CCN1. The van der Waals surface area contributed by atoms with Crippen molar-refractivity contribution in [1.82, 2.24) is 15.5 Å². The van der Waals surface area contributed by atoms with Crippen molar-refractivity contribution in [3.63, 3.8) is 0 Å². The minimum Gasteiger partial charge on any atom is -0.353 e. The number of carbonyl (C=O) groups excluding carboxylic acids is 1. The van der Waals surface area contributed by atoms with E-state index in [2.05, 4.69) is 43.4 Å². The van der Waals surface area contributed by atoms with Crippen molar-refractivity contribution >= 4 is 5.91 Å². The van der Waals surface area contributed by atoms with Crippen LogP contribution in [-0.2, 0) is 4.79 Å². The number of hydrogen-bond donors (Lipinski definition) is 2. The summed E-state index contributed by atoms with van der Waals surface area (Å²) >= 11 is 0. The fourth-order valence-electron chi connectivity index (χ4n) is 2.32. The molecule has 1 heterocycles. The average molecular weight is 255 g/mol. The minimum atomic E-state index is 0.0163. The van der Waals surface area contributed by atoms with Gasteiger partial charge in [-0.1, -0.05) is 13.8 Å². The van der Waals surface area contributed by atoms with Gasteiger partial charge in [0.2, 0.25) is 5.91 Å². The highest BCUT2D eigenvalue weighted by molar-refractivity contribution is 5.81. The summed E-state index contributed by atoms with van der Waals surface area (Å²) in [4.78, 5) is 14.3. The number of nitrogens with one attached hydrogen (secondary N) is 2. The van der Waals surface area contributed by atoms with Gasteiger partial charge >= 0.3 is 0 Å². The van der Waals surface area contributed by atoms with E-state index < -0.39 is 0 Å². The van der Waals surface area contributed by atoms with Gasteiger partial charge in [-0.3, -0.25) is 4.79 Å². The molecule has 4 nitrogen and oxygen atoms in total. The van der Waals surface area contributed by atoms with Crippen LogP contribution >= 0.6 is 0 Å². The number of piperidine rings is 1. The maximum Gasteiger partial charge on any atom is 0.237 e. The van der Waals surface area contributed by atoms with Gasteiger partial charge in [0, 0.05) is 19.1 Å². The Hall–Kier alpha value is -0.610. The van der Waals surface area contributed by atoms with Gasteiger partial charge in [-0.15, -0.1) is 0 Å². The molecule has 1 rings (SSSR count). The molecule has 1 amide bonds. The summed E-state index contributed by atoms with van der Waals surface area (Å²) in [7, 11) is 2.11. The molecule has 18 heavy (non-hydrogen) atoms. The maximum atomic E-state index is 12.0. The lowest BCUT2D eigenvalue weighted by Crippen LogP contribution is -2.49. The molecule has 1 saturated heterocycles. The maximum absolute atomic E-state index is 12.0. The zero-order chi connectivity index (χ0) is 13.5. The molecule has 1 aliphatic rings. The van der Waals surface area contributed by atoms with Crippen LogP contribution in [0.1, 0.15) is 40.0 Å². The summed E-state index contributed by atoms with van der Waals surface area (Å²) in [6.45, 7) is 9.25. The molecule has 3 atom stereocenters. The number of carbonyl (C=O) groups is 1. The van der Waals surface area contributed by atoms with Crippen LogP contribution in [0.25, 0.3) is 0 Å². The predicted octanol–water partition coefficient (Wildman–Crippen LogP) is 1.22. The second-order valence-corrected chi connectivity index (χ2v) is 5.67. The van der Waals surface area contributed by atoms with Crippen LogP contribution in [0.5, 0.6) is 0 Å². The van der Waals surface area contributed by atoms with Crippen molar-refractivity contribution in [1.29, 1.82) is 0 Å². The van der Waals surface area contributed by atoms with E-state index in [0.717, 1.165) is 32.5 Å². The summed E-state index contributed by atoms with van der Waals surface area (Å²) in [6, 6.07) is 0.595. The van der Waals surface area contributed by atoms with E-state index >= 15 is 0 Å². The Morgan fingerprint density at radius 1 is 1.56 bits per heavy atom. The highest BCUT2D eigenvalue weighted by Gasteiger charge is 2.24. The van der Waals surface area contributed by atoms with Crippen LogP contribution in [0.3, 0.4) is 0 Å². The van der Waals surface area contributed by atoms with Crippen molar-refractivity contribution in [3.05, 3.63) is 0 Å². The summed E-state index contributed by atoms with van der Waals surface area (Å²) in [5.41, 5.74) is 0. The molecular weight excluding hydrogens is 226 g/mol. The molecular formula is C14H29N3O. The molecule has 106 valence electrons. The zero-order valence-corrected chi connectivity index (χ0v) is 12.3. The number of rotatable bonds is 6. The first-order valence-corrected chi connectivity index (χ1v) is 7.26. The summed E-state index contributed by atoms with van der Waals surface area (Å²) in [6.07, 6.45) is 3.29. The first kappa shape index (κ1) is 15.4. The molecule has 0 bridgehead atoms. The minimum absolute atomic E-state index is 0.0163. The number of amides is 1. The lowest BCUT2D eigenvalue weighted by molar-refractivity contribution is -0.124. The molecule has 0 aromatic rings. The third kappa shape index (κ3) is 4.94. The Morgan fingerprint density at radius 3 is 2.89 bits per heavy atom. The first-order chi connectivity index (χ1) is 8.54. The quantitative estimate of drug-likeness (QED) is 0.750. The smallest absolute Gasteiger partial charge is 0.237 e. The standard InChI is InChI=1S/C14H29N3O/c1-5-12(3)17(4)9-8-16-14(18)13-10-11(2)6-7-15-13/h11-13,15H,5-10H2,1-4H3,(H,16,18). The number of likely N-dealkylation sites (N-methyl/N-ethyl adjacent to an activating group) is 1. The molecule has 1 aliphatic heterocycles. The molecule has 3 unspecified atom stereocenters. The van der Waals surface area contributed by atoms with Gasteiger partial charge in [0.15, 0.2) is 0 Å². The Labute approximate surface area is 111 Å². The monoisotopic (exact) mass is 255 g/mol. The van der Waals surface area contributed by atoms with Crippen LogP contribution in [0.15, 0.2) is 0 Å². The van der Waals surface area contributed by atoms with Crippen molar-refractivity contribution in [2.24, 2.45) is 5.92 Å². The van der Waals surface area contributed by atoms with Crippen LogP contribution in [0.4, 0.5) is 0 Å². The van der Waals surface area contributed by atoms with Gasteiger partial charge in [0.05, 0.1) is 6.04 Å². The van der Waals surface area contributed by atoms with Crippen molar-refractivity contribution < 1.29 is 4.79 Å². The molecule has 0 spiro atoms. The van der Waals surface area contributed by atoms with E-state index in [4.69, 9.17) is 0 Å². The van der Waals surface area contributed by atoms with E-state index in [1.165, 1.54) is 6.42 Å². The molecule has 2 N–H and O–H groups in total. The van der Waals surface area contributed by atoms with Crippen LogP contribution in [-0.4, -0.2) is 49.6 Å². The number of nitrogens with zero attached hydrogens (tertiary/aromatic N) is 1. The third-order valence-electron chi connectivity index (χ3n) is 4.09. The van der Waals surface area contributed by atoms with Gasteiger partial charge in [0.1, 0.15) is 0 Å². The Kier molecular flexibility index (Phi) is 6.65. The Balaban J connectivity index is 2.20. The molecule has 0 aromatic carbocycles. The fraction of sp³-hybridized carbons (Fsp3) is 0.929. The second-order valence-electron chi connectivity index (χ2n) is 5.67. The van der Waals surface area contributed by atoms with E-state index in [1.54, 1.807) is 0 Å². The van der Waals surface area contributed by atoms with Crippen LogP contribution < -0.4 is 10.6 Å². The van der Waals surface area contributed by atoms with E-state index in [1.807, 2.05) is 0 Å². The molecule has 0 aliphatic carbocycles. The van der Waals surface area contributed by atoms with Gasteiger partial charge < -0.3 is 15.5 Å². The molecule has 0 radical (unpaired) electrons. The number of hydrogen-bond acceptors (Lipinski definition) is 3. The molecule has 0 aromatic heterocycles. The average Bonchev–Trinajstić information content (AvgIpc) is 2.37. The van der Waals surface area contributed by atoms with Gasteiger partial charge in [-0.2, -0.15) is 0 Å². The Bertz CT molecular complexity index is 257. The zero-order valence-electron chi connectivity index (χ0n) is 12.3. The second kappa shape index (κ2) is 7.74. The molecule has 0 saturated carbocycles. The summed E-state index contributed by atoms with van der Waals surface area (Å²) < 4.78 is 0. The molecule has 4 heteroatoms. The predicted molar refractivity (Wildman–Crippen MR) is 75.6 cm³/mol. The van der Waals surface area contributed by atoms with Crippen LogP contribution in [0.2, 0.25) is 0 Å². The first-order valence-electron chi connectivity index (χ1n) is 7.26. The lowest BCUT2D eigenvalue weighted by atomic mass is 9.94. The normalized spacial score (nSPS) is 26.1. The molecule has 1 fully saturated rings. The van der Waals surface area contributed by atoms with Crippen LogP contribution in [0, 0.1) is 5.92 Å². The summed E-state index contributed by atoms with van der Waals surface area (Å²) in [5.74, 6) is 0.823. The third-order valence-corrected chi connectivity index (χ3v) is 4.09. The fourth-order valence-corrected chi connectivity index (χ4v) is 2.32. The van der Waals surface area contributed by atoms with Crippen molar-refractivity contribution in [2.45, 2.75) is 52.1 Å². The lowest BCUT2D eigenvalue weighted by Gasteiger charge is -2.28. The summed E-state index contributed by atoms with van der Waals surface area (Å²) in [5, 5.41) is 6.34. The topological polar surface area (TPSA) is 44.4 Å². The van der Waals surface area contributed by atoms with Gasteiger partial charge in [0.25, 0.3) is 0 Å². The largest absolute Gasteiger partial charge is 0.353 e. The van der Waals surface area contributed by atoms with E-state index in [9.17, 15) is 4.79 Å². The van der Waals surface area contributed by atoms with E-state index in [0.29, 0.717) is 12.0 Å². The van der Waals surface area contributed by atoms with E-state index in [-0.39, 0.29) is 11.9 Å². The van der Waals surface area contributed by atoms with Crippen molar-refractivity contribution in [3.8, 4) is 0 Å².